The van der Waals surface area contributed by atoms with Gasteiger partial charge in [-0.25, -0.2) is 19.6 Å². The van der Waals surface area contributed by atoms with E-state index in [1.54, 1.807) is 33.5 Å². The molecule has 3 aliphatic rings. The zero-order chi connectivity index (χ0) is 38.6. The summed E-state index contributed by atoms with van der Waals surface area (Å²) < 4.78 is 13.7. The Bertz CT molecular complexity index is 2470. The fraction of sp³-hybridized carbons (Fsp3) is 0.390. The van der Waals surface area contributed by atoms with Gasteiger partial charge >= 0.3 is 11.7 Å². The highest BCUT2D eigenvalue weighted by Gasteiger charge is 2.46. The lowest BCUT2D eigenvalue weighted by atomic mass is 9.92. The van der Waals surface area contributed by atoms with Crippen molar-refractivity contribution in [3.63, 3.8) is 0 Å². The van der Waals surface area contributed by atoms with Crippen molar-refractivity contribution < 1.29 is 14.3 Å². The van der Waals surface area contributed by atoms with Gasteiger partial charge in [0.2, 0.25) is 5.88 Å². The highest BCUT2D eigenvalue weighted by Crippen LogP contribution is 2.47. The highest BCUT2D eigenvalue weighted by molar-refractivity contribution is 6.36. The Morgan fingerprint density at radius 2 is 1.76 bits per heavy atom. The molecule has 55 heavy (non-hydrogen) atoms. The van der Waals surface area contributed by atoms with Gasteiger partial charge in [-0.3, -0.25) is 18.8 Å². The average molecular weight is 765 g/mol. The van der Waals surface area contributed by atoms with Crippen LogP contribution in [0.25, 0.3) is 33.3 Å². The molecule has 2 amide bonds. The van der Waals surface area contributed by atoms with E-state index in [2.05, 4.69) is 26.6 Å². The number of hydrogen-bond acceptors (Lipinski definition) is 9. The molecule has 13 nitrogen and oxygen atoms in total. The summed E-state index contributed by atoms with van der Waals surface area (Å²) in [5.41, 5.74) is 6.68. The molecule has 8 rings (SSSR count). The molecule has 2 N–H and O–H groups in total. The zero-order valence-corrected chi connectivity index (χ0v) is 32.5. The topological polar surface area (TPSA) is 136 Å². The van der Waals surface area contributed by atoms with Crippen LogP contribution in [0.1, 0.15) is 42.0 Å². The summed E-state index contributed by atoms with van der Waals surface area (Å²) >= 11 is 7.28. The third kappa shape index (κ3) is 6.33. The second-order valence-electron chi connectivity index (χ2n) is 14.8. The number of amides is 2. The molecular formula is C41H45ClN8O5. The molecule has 14 heteroatoms. The molecule has 0 bridgehead atoms. The molecule has 1 spiro atoms. The molecule has 0 saturated carbocycles. The van der Waals surface area contributed by atoms with Gasteiger partial charge in [0.05, 0.1) is 35.5 Å². The minimum Gasteiger partial charge on any atom is -0.481 e. The van der Waals surface area contributed by atoms with Gasteiger partial charge in [0.15, 0.2) is 0 Å². The number of anilines is 2. The molecule has 3 aromatic heterocycles. The van der Waals surface area contributed by atoms with Gasteiger partial charge in [0.1, 0.15) is 11.2 Å². The van der Waals surface area contributed by atoms with Crippen molar-refractivity contribution in [3.8, 4) is 28.3 Å². The maximum atomic E-state index is 13.2. The number of nitrogens with zero attached hydrogens (tertiary/aromatic N) is 6. The van der Waals surface area contributed by atoms with Crippen molar-refractivity contribution in [2.45, 2.75) is 44.2 Å². The summed E-state index contributed by atoms with van der Waals surface area (Å²) in [5.74, 6) is 0.961. The summed E-state index contributed by atoms with van der Waals surface area (Å²) in [7, 11) is 6.43. The van der Waals surface area contributed by atoms with Gasteiger partial charge < -0.3 is 25.0 Å². The summed E-state index contributed by atoms with van der Waals surface area (Å²) in [4.78, 5) is 52.7. The molecule has 2 aromatic carbocycles. The number of pyridine rings is 2. The molecule has 0 unspecified atom stereocenters. The number of halogens is 1. The predicted molar refractivity (Wildman–Crippen MR) is 213 cm³/mol. The molecule has 5 aromatic rings. The predicted octanol–water partition coefficient (Wildman–Crippen LogP) is 5.57. The van der Waals surface area contributed by atoms with E-state index in [9.17, 15) is 14.4 Å². The maximum absolute atomic E-state index is 13.2. The van der Waals surface area contributed by atoms with Crippen LogP contribution in [0, 0.1) is 6.92 Å². The van der Waals surface area contributed by atoms with Crippen molar-refractivity contribution >= 4 is 40.0 Å². The quantitative estimate of drug-likeness (QED) is 0.198. The Hall–Kier alpha value is -5.24. The van der Waals surface area contributed by atoms with Crippen LogP contribution in [0.5, 0.6) is 5.88 Å². The number of methoxy groups -OCH3 is 2. The van der Waals surface area contributed by atoms with Crippen LogP contribution in [0.3, 0.4) is 0 Å². The zero-order valence-electron chi connectivity index (χ0n) is 31.7. The first-order chi connectivity index (χ1) is 26.5. The van der Waals surface area contributed by atoms with Gasteiger partial charge in [-0.15, -0.1) is 0 Å². The summed E-state index contributed by atoms with van der Waals surface area (Å²) in [6, 6.07) is 15.8. The van der Waals surface area contributed by atoms with Crippen LogP contribution in [-0.2, 0) is 25.3 Å². The lowest BCUT2D eigenvalue weighted by molar-refractivity contribution is 0.114. The molecule has 2 fully saturated rings. The number of likely N-dealkylation sites (tertiary alicyclic amines) is 1. The molecule has 2 saturated heterocycles. The highest BCUT2D eigenvalue weighted by atomic mass is 35.5. The van der Waals surface area contributed by atoms with E-state index in [0.29, 0.717) is 40.8 Å². The second kappa shape index (κ2) is 14.4. The number of ether oxygens (including phenoxy) is 2. The molecule has 2 atom stereocenters. The number of hydrogen-bond donors (Lipinski definition) is 2. The number of carbonyl (C=O) groups is 1. The molecular weight excluding hydrogens is 720 g/mol. The van der Waals surface area contributed by atoms with Crippen LogP contribution >= 0.6 is 11.6 Å². The Kier molecular flexibility index (Phi) is 9.64. The number of aromatic nitrogens is 4. The van der Waals surface area contributed by atoms with E-state index in [4.69, 9.17) is 26.1 Å². The number of carbonyl (C=O) groups excluding carboxylic acids is 1. The van der Waals surface area contributed by atoms with E-state index < -0.39 is 11.2 Å². The molecule has 1 aliphatic carbocycles. The van der Waals surface area contributed by atoms with E-state index >= 15 is 0 Å². The monoisotopic (exact) mass is 764 g/mol. The largest absolute Gasteiger partial charge is 0.481 e. The van der Waals surface area contributed by atoms with Crippen LogP contribution in [0.4, 0.5) is 16.3 Å². The van der Waals surface area contributed by atoms with Crippen molar-refractivity contribution in [2.75, 3.05) is 52.3 Å². The average Bonchev–Trinajstić information content (AvgIpc) is 3.81. The first-order valence-corrected chi connectivity index (χ1v) is 19.0. The standard InChI is InChI=1S/C41H45ClN8O5/c1-24-26(8-7-11-29(24)44-36-34-31(14-17-43-36)47(2)40(53)48(3)38(34)51)27-9-6-10-28(35(27)42)30-22-25-12-13-32(33(25)37(45-30)55-5)50-19-16-41(23-50)15-18-49(20-21-54-4)39(52)46-41/h6-11,14,17,22,32H,12-13,15-16,18-21,23H2,1-5H3,(H,43,44)(H,46,52)/t32-,41+/m1/s1. The SMILES string of the molecule is COCCN1CC[C@@]2(CCN([C@@H]3CCc4cc(-c5cccc(-c6cccc(Nc7nccc8c7c(=O)n(C)c(=O)n8C)c6C)c5Cl)nc(OC)c43)C2)NC1=O. The normalized spacial score (nSPS) is 19.6. The fourth-order valence-electron chi connectivity index (χ4n) is 8.70. The van der Waals surface area contributed by atoms with E-state index in [1.165, 1.54) is 17.2 Å². The number of aryl methyl sites for hydroxylation is 2. The number of urea groups is 1. The van der Waals surface area contributed by atoms with Crippen molar-refractivity contribution in [2.24, 2.45) is 14.1 Å². The van der Waals surface area contributed by atoms with Gasteiger partial charge in [0.25, 0.3) is 5.56 Å². The summed E-state index contributed by atoms with van der Waals surface area (Å²) in [6.45, 7) is 5.53. The van der Waals surface area contributed by atoms with E-state index in [1.807, 2.05) is 48.2 Å². The Morgan fingerprint density at radius 3 is 2.55 bits per heavy atom. The lowest BCUT2D eigenvalue weighted by Gasteiger charge is -2.40. The third-order valence-electron chi connectivity index (χ3n) is 11.8. The van der Waals surface area contributed by atoms with Gasteiger partial charge in [-0.1, -0.05) is 41.9 Å². The first kappa shape index (κ1) is 36.7. The molecule has 2 aliphatic heterocycles. The van der Waals surface area contributed by atoms with Crippen molar-refractivity contribution in [3.05, 3.63) is 97.3 Å². The van der Waals surface area contributed by atoms with Gasteiger partial charge in [0, 0.05) is 82.0 Å². The molecule has 5 heterocycles. The Morgan fingerprint density at radius 1 is 1.00 bits per heavy atom. The molecule has 286 valence electrons. The summed E-state index contributed by atoms with van der Waals surface area (Å²) in [5, 5.41) is 7.59. The Balaban J connectivity index is 1.07. The second-order valence-corrected chi connectivity index (χ2v) is 15.2. The van der Waals surface area contributed by atoms with Crippen LogP contribution in [0.15, 0.2) is 64.3 Å². The van der Waals surface area contributed by atoms with E-state index in [0.717, 1.165) is 89.1 Å². The number of benzene rings is 2. The van der Waals surface area contributed by atoms with Crippen LogP contribution in [-0.4, -0.2) is 87.5 Å². The van der Waals surface area contributed by atoms with Gasteiger partial charge in [-0.05, 0) is 67.5 Å². The Labute approximate surface area is 323 Å². The summed E-state index contributed by atoms with van der Waals surface area (Å²) in [6.07, 6.45) is 5.23. The van der Waals surface area contributed by atoms with Crippen molar-refractivity contribution in [1.29, 1.82) is 0 Å². The van der Waals surface area contributed by atoms with E-state index in [-0.39, 0.29) is 17.6 Å². The van der Waals surface area contributed by atoms with Crippen LogP contribution in [0.2, 0.25) is 5.02 Å². The third-order valence-corrected chi connectivity index (χ3v) is 12.2. The fourth-order valence-corrected chi connectivity index (χ4v) is 9.02. The number of rotatable bonds is 9. The first-order valence-electron chi connectivity index (χ1n) is 18.6. The smallest absolute Gasteiger partial charge is 0.330 e. The van der Waals surface area contributed by atoms with Crippen LogP contribution < -0.4 is 26.6 Å². The van der Waals surface area contributed by atoms with Gasteiger partial charge in [-0.2, -0.15) is 0 Å². The number of nitrogens with one attached hydrogen (secondary N) is 2. The minimum atomic E-state index is -0.422. The molecule has 0 radical (unpaired) electrons. The van der Waals surface area contributed by atoms with Crippen molar-refractivity contribution in [1.82, 2.24) is 34.2 Å². The maximum Gasteiger partial charge on any atom is 0.330 e. The lowest BCUT2D eigenvalue weighted by Crippen LogP contribution is -2.61. The number of fused-ring (bicyclic) bond motifs is 2. The minimum absolute atomic E-state index is 0.0128.